The van der Waals surface area contributed by atoms with Gasteiger partial charge in [0.2, 0.25) is 0 Å². The van der Waals surface area contributed by atoms with Crippen molar-refractivity contribution in [2.45, 2.75) is 0 Å². The van der Waals surface area contributed by atoms with E-state index in [1.807, 2.05) is 24.3 Å². The Labute approximate surface area is 295 Å². The van der Waals surface area contributed by atoms with Gasteiger partial charge in [-0.25, -0.2) is 0 Å². The third-order valence-corrected chi connectivity index (χ3v) is 9.90. The molecule has 240 valence electrons. The molecule has 10 aromatic rings. The maximum Gasteiger partial charge on any atom is 0.160 e. The Kier molecular flexibility index (Phi) is 6.81. The van der Waals surface area contributed by atoms with Crippen molar-refractivity contribution in [1.82, 2.24) is 0 Å². The van der Waals surface area contributed by atoms with E-state index in [-0.39, 0.29) is 0 Å². The molecule has 8 aromatic carbocycles. The molecule has 0 aliphatic heterocycles. The Morgan fingerprint density at radius 2 is 0.804 bits per heavy atom. The lowest BCUT2D eigenvalue weighted by Crippen LogP contribution is -2.11. The Balaban J connectivity index is 1.19. The molecule has 0 aliphatic rings. The average molecular weight is 654 g/mol. The molecule has 2 heterocycles. The van der Waals surface area contributed by atoms with E-state index in [0.717, 1.165) is 77.6 Å². The minimum Gasteiger partial charge on any atom is -0.456 e. The van der Waals surface area contributed by atoms with E-state index >= 15 is 0 Å². The Bertz CT molecular complexity index is 2830. The van der Waals surface area contributed by atoms with Gasteiger partial charge in [-0.05, 0) is 76.3 Å². The summed E-state index contributed by atoms with van der Waals surface area (Å²) in [6, 6.07) is 66.2. The first-order valence-corrected chi connectivity index (χ1v) is 17.3. The molecule has 0 unspecified atom stereocenters. The highest BCUT2D eigenvalue weighted by molar-refractivity contribution is 6.14. The summed E-state index contributed by atoms with van der Waals surface area (Å²) in [4.78, 5) is 2.34. The van der Waals surface area contributed by atoms with Crippen LogP contribution >= 0.6 is 0 Å². The monoisotopic (exact) mass is 653 g/mol. The molecule has 0 amide bonds. The Hall–Kier alpha value is -6.84. The largest absolute Gasteiger partial charge is 0.456 e. The summed E-state index contributed by atoms with van der Waals surface area (Å²) in [7, 11) is 0. The topological polar surface area (TPSA) is 29.5 Å². The lowest BCUT2D eigenvalue weighted by molar-refractivity contribution is 0.669. The van der Waals surface area contributed by atoms with Gasteiger partial charge in [-0.1, -0.05) is 140 Å². The number of hydrogen-bond donors (Lipinski definition) is 0. The van der Waals surface area contributed by atoms with Gasteiger partial charge in [0.25, 0.3) is 0 Å². The number of para-hydroxylation sites is 2. The van der Waals surface area contributed by atoms with E-state index in [2.05, 4.69) is 169 Å². The summed E-state index contributed by atoms with van der Waals surface area (Å²) in [6.45, 7) is 0. The van der Waals surface area contributed by atoms with Crippen molar-refractivity contribution in [3.63, 3.8) is 0 Å². The van der Waals surface area contributed by atoms with Crippen molar-refractivity contribution in [3.8, 4) is 33.4 Å². The Morgan fingerprint density at radius 1 is 0.314 bits per heavy atom. The second-order valence-corrected chi connectivity index (χ2v) is 12.9. The summed E-state index contributed by atoms with van der Waals surface area (Å²) in [5.41, 5.74) is 13.4. The zero-order valence-corrected chi connectivity index (χ0v) is 27.7. The van der Waals surface area contributed by atoms with Crippen LogP contribution in [0.5, 0.6) is 0 Å². The minimum absolute atomic E-state index is 0.843. The number of benzene rings is 8. The van der Waals surface area contributed by atoms with Crippen LogP contribution in [0.25, 0.3) is 77.3 Å². The molecule has 2 aromatic heterocycles. The van der Waals surface area contributed by atoms with Crippen LogP contribution < -0.4 is 4.90 Å². The maximum absolute atomic E-state index is 6.79. The normalized spacial score (nSPS) is 11.5. The van der Waals surface area contributed by atoms with E-state index in [9.17, 15) is 0 Å². The third-order valence-electron chi connectivity index (χ3n) is 9.90. The first-order valence-electron chi connectivity index (χ1n) is 17.3. The summed E-state index contributed by atoms with van der Waals surface area (Å²) in [5.74, 6) is 0. The van der Waals surface area contributed by atoms with Crippen LogP contribution in [-0.4, -0.2) is 0 Å². The molecule has 0 aliphatic carbocycles. The molecule has 0 N–H and O–H groups in total. The number of nitrogens with zero attached hydrogens (tertiary/aromatic N) is 1. The van der Waals surface area contributed by atoms with Crippen LogP contribution in [0.4, 0.5) is 17.1 Å². The van der Waals surface area contributed by atoms with Crippen molar-refractivity contribution in [2.75, 3.05) is 4.90 Å². The molecule has 0 fully saturated rings. The van der Waals surface area contributed by atoms with Gasteiger partial charge < -0.3 is 13.7 Å². The minimum atomic E-state index is 0.843. The fourth-order valence-corrected chi connectivity index (χ4v) is 7.40. The molecule has 0 saturated carbocycles. The molecule has 10 rings (SSSR count). The number of rotatable bonds is 6. The van der Waals surface area contributed by atoms with E-state index in [1.54, 1.807) is 0 Å². The quantitative estimate of drug-likeness (QED) is 0.179. The molecule has 0 atom stereocenters. The van der Waals surface area contributed by atoms with Crippen LogP contribution in [0, 0.1) is 0 Å². The van der Waals surface area contributed by atoms with Gasteiger partial charge in [-0.3, -0.25) is 0 Å². The van der Waals surface area contributed by atoms with Crippen molar-refractivity contribution < 1.29 is 8.83 Å². The smallest absolute Gasteiger partial charge is 0.160 e. The van der Waals surface area contributed by atoms with Gasteiger partial charge in [-0.15, -0.1) is 0 Å². The number of furan rings is 2. The van der Waals surface area contributed by atoms with Crippen molar-refractivity contribution in [2.24, 2.45) is 0 Å². The highest BCUT2D eigenvalue weighted by Crippen LogP contribution is 2.48. The van der Waals surface area contributed by atoms with Gasteiger partial charge >= 0.3 is 0 Å². The lowest BCUT2D eigenvalue weighted by atomic mass is 9.98. The molecular weight excluding hydrogens is 623 g/mol. The first kappa shape index (κ1) is 29.1. The van der Waals surface area contributed by atoms with Crippen LogP contribution in [0.1, 0.15) is 0 Å². The summed E-state index contributed by atoms with van der Waals surface area (Å²) in [6.07, 6.45) is 0. The second kappa shape index (κ2) is 11.9. The summed E-state index contributed by atoms with van der Waals surface area (Å²) in [5, 5.41) is 4.34. The fraction of sp³-hybridized carbons (Fsp3) is 0. The molecule has 0 bridgehead atoms. The van der Waals surface area contributed by atoms with Gasteiger partial charge in [-0.2, -0.15) is 0 Å². The van der Waals surface area contributed by atoms with Gasteiger partial charge in [0, 0.05) is 38.5 Å². The molecule has 51 heavy (non-hydrogen) atoms. The van der Waals surface area contributed by atoms with Crippen molar-refractivity contribution >= 4 is 60.9 Å². The van der Waals surface area contributed by atoms with Crippen LogP contribution in [0.2, 0.25) is 0 Å². The van der Waals surface area contributed by atoms with E-state index in [1.165, 1.54) is 16.7 Å². The lowest BCUT2D eigenvalue weighted by Gasteiger charge is -2.28. The number of hydrogen-bond acceptors (Lipinski definition) is 3. The fourth-order valence-electron chi connectivity index (χ4n) is 7.40. The first-order chi connectivity index (χ1) is 25.3. The number of anilines is 3. The van der Waals surface area contributed by atoms with E-state index in [0.29, 0.717) is 0 Å². The third kappa shape index (κ3) is 4.98. The summed E-state index contributed by atoms with van der Waals surface area (Å²) >= 11 is 0. The number of fused-ring (bicyclic) bond motifs is 6. The van der Waals surface area contributed by atoms with E-state index in [4.69, 9.17) is 8.83 Å². The highest BCUT2D eigenvalue weighted by Gasteiger charge is 2.24. The second-order valence-electron chi connectivity index (χ2n) is 12.9. The average Bonchev–Trinajstić information content (AvgIpc) is 3.78. The molecule has 0 radical (unpaired) electrons. The zero-order valence-electron chi connectivity index (χ0n) is 27.7. The van der Waals surface area contributed by atoms with Gasteiger partial charge in [0.1, 0.15) is 16.7 Å². The van der Waals surface area contributed by atoms with Crippen molar-refractivity contribution in [3.05, 3.63) is 188 Å². The van der Waals surface area contributed by atoms with Crippen LogP contribution in [0.15, 0.2) is 197 Å². The van der Waals surface area contributed by atoms with E-state index < -0.39 is 0 Å². The van der Waals surface area contributed by atoms with Crippen LogP contribution in [-0.2, 0) is 0 Å². The zero-order chi connectivity index (χ0) is 33.7. The summed E-state index contributed by atoms with van der Waals surface area (Å²) < 4.78 is 13.1. The predicted octanol–water partition coefficient (Wildman–Crippen LogP) is 14.0. The highest BCUT2D eigenvalue weighted by atomic mass is 16.3. The standard InChI is InChI=1S/C48H31NO2/c1-3-11-32(12-4-1)33-19-21-34(22-20-33)35-23-25-37(26-24-35)49(38-27-30-46-43(31-38)41-16-8-9-17-44(41)50-46)47-39(36-13-5-2-6-14-36)28-29-42-40-15-7-10-18-45(40)51-48(42)47/h1-31H. The molecular formula is C48H31NO2. The maximum atomic E-state index is 6.79. The Morgan fingerprint density at radius 3 is 1.47 bits per heavy atom. The molecule has 0 saturated heterocycles. The van der Waals surface area contributed by atoms with Crippen molar-refractivity contribution in [1.29, 1.82) is 0 Å². The molecule has 3 heteroatoms. The SMILES string of the molecule is c1ccc(-c2ccc(-c3ccc(N(c4ccc5oc6ccccc6c5c4)c4c(-c5ccccc5)ccc5c4oc4ccccc45)cc3)cc2)cc1. The van der Waals surface area contributed by atoms with Gasteiger partial charge in [0.15, 0.2) is 5.58 Å². The van der Waals surface area contributed by atoms with Gasteiger partial charge in [0.05, 0.1) is 5.69 Å². The molecule has 0 spiro atoms. The molecule has 3 nitrogen and oxygen atoms in total. The van der Waals surface area contributed by atoms with Crippen LogP contribution in [0.3, 0.4) is 0 Å². The predicted molar refractivity (Wildman–Crippen MR) is 212 cm³/mol.